The summed E-state index contributed by atoms with van der Waals surface area (Å²) in [5.41, 5.74) is 0.992. The predicted octanol–water partition coefficient (Wildman–Crippen LogP) is 2.15. The maximum absolute atomic E-state index is 13.5. The molecular weight excluding hydrogens is 250 g/mol. The van der Waals surface area contributed by atoms with Crippen molar-refractivity contribution in [2.45, 2.75) is 19.4 Å². The molecule has 1 aromatic rings. The van der Waals surface area contributed by atoms with E-state index in [9.17, 15) is 13.9 Å². The molecule has 1 heterocycles. The van der Waals surface area contributed by atoms with E-state index >= 15 is 0 Å². The highest BCUT2D eigenvalue weighted by Crippen LogP contribution is 2.34. The van der Waals surface area contributed by atoms with Gasteiger partial charge in [-0.05, 0) is 31.0 Å². The Bertz CT molecular complexity index is 434. The van der Waals surface area contributed by atoms with Gasteiger partial charge in [0.25, 0.3) is 0 Å². The number of phenolic OH excluding ortho intramolecular Hbond substituents is 1. The Morgan fingerprint density at radius 1 is 1.37 bits per heavy atom. The summed E-state index contributed by atoms with van der Waals surface area (Å²) in [6.45, 7) is 4.39. The number of nitrogens with one attached hydrogen (secondary N) is 1. The quantitative estimate of drug-likeness (QED) is 0.880. The van der Waals surface area contributed by atoms with Gasteiger partial charge in [-0.25, -0.2) is 4.39 Å². The number of hydrogen-bond donors (Lipinski definition) is 2. The molecule has 0 saturated carbocycles. The SMILES string of the molecule is Cc1cc(F)cc([C@@H](CCF)N2CCNCC2)c1O. The monoisotopic (exact) mass is 270 g/mol. The Labute approximate surface area is 112 Å². The van der Waals surface area contributed by atoms with Crippen molar-refractivity contribution in [1.29, 1.82) is 0 Å². The summed E-state index contributed by atoms with van der Waals surface area (Å²) < 4.78 is 26.3. The van der Waals surface area contributed by atoms with Crippen molar-refractivity contribution in [3.05, 3.63) is 29.1 Å². The zero-order chi connectivity index (χ0) is 13.8. The lowest BCUT2D eigenvalue weighted by molar-refractivity contribution is 0.154. The third-order valence-corrected chi connectivity index (χ3v) is 3.63. The minimum absolute atomic E-state index is 0.0818. The molecule has 1 aliphatic rings. The Balaban J connectivity index is 2.32. The highest BCUT2D eigenvalue weighted by molar-refractivity contribution is 5.42. The molecule has 0 aromatic heterocycles. The topological polar surface area (TPSA) is 35.5 Å². The highest BCUT2D eigenvalue weighted by Gasteiger charge is 2.25. The summed E-state index contributed by atoms with van der Waals surface area (Å²) in [4.78, 5) is 2.10. The van der Waals surface area contributed by atoms with Crippen molar-refractivity contribution in [2.75, 3.05) is 32.9 Å². The first-order valence-corrected chi connectivity index (χ1v) is 6.63. The van der Waals surface area contributed by atoms with E-state index in [4.69, 9.17) is 0 Å². The van der Waals surface area contributed by atoms with Crippen LogP contribution in [0, 0.1) is 12.7 Å². The summed E-state index contributed by atoms with van der Waals surface area (Å²) in [6.07, 6.45) is 0.274. The van der Waals surface area contributed by atoms with Crippen LogP contribution < -0.4 is 5.32 Å². The van der Waals surface area contributed by atoms with Crippen LogP contribution >= 0.6 is 0 Å². The largest absolute Gasteiger partial charge is 0.507 e. The van der Waals surface area contributed by atoms with Crippen LogP contribution in [0.2, 0.25) is 0 Å². The first kappa shape index (κ1) is 14.2. The molecule has 0 aliphatic carbocycles. The number of alkyl halides is 1. The van der Waals surface area contributed by atoms with Crippen molar-refractivity contribution < 1.29 is 13.9 Å². The van der Waals surface area contributed by atoms with Crippen molar-refractivity contribution in [1.82, 2.24) is 10.2 Å². The zero-order valence-corrected chi connectivity index (χ0v) is 11.1. The number of rotatable bonds is 4. The van der Waals surface area contributed by atoms with E-state index in [2.05, 4.69) is 10.2 Å². The van der Waals surface area contributed by atoms with Gasteiger partial charge in [0.15, 0.2) is 0 Å². The molecule has 106 valence electrons. The van der Waals surface area contributed by atoms with Crippen LogP contribution in [0.3, 0.4) is 0 Å². The maximum Gasteiger partial charge on any atom is 0.124 e. The van der Waals surface area contributed by atoms with Crippen molar-refractivity contribution in [2.24, 2.45) is 0 Å². The summed E-state index contributed by atoms with van der Waals surface area (Å²) >= 11 is 0. The van der Waals surface area contributed by atoms with Crippen LogP contribution in [0.5, 0.6) is 5.75 Å². The number of aromatic hydroxyl groups is 1. The van der Waals surface area contributed by atoms with Gasteiger partial charge in [-0.1, -0.05) is 0 Å². The minimum atomic E-state index is -0.483. The Kier molecular flexibility index (Phi) is 4.71. The molecule has 1 fully saturated rings. The first-order valence-electron chi connectivity index (χ1n) is 6.63. The second-order valence-corrected chi connectivity index (χ2v) is 4.94. The Morgan fingerprint density at radius 3 is 2.68 bits per heavy atom. The molecule has 0 spiro atoms. The van der Waals surface area contributed by atoms with Gasteiger partial charge in [0.2, 0.25) is 0 Å². The number of halogens is 2. The van der Waals surface area contributed by atoms with Gasteiger partial charge in [-0.15, -0.1) is 0 Å². The molecule has 1 atom stereocenters. The maximum atomic E-state index is 13.5. The van der Waals surface area contributed by atoms with E-state index in [1.54, 1.807) is 6.92 Å². The molecule has 0 radical (unpaired) electrons. The van der Waals surface area contributed by atoms with Crippen LogP contribution in [-0.2, 0) is 0 Å². The molecule has 0 unspecified atom stereocenters. The van der Waals surface area contributed by atoms with Crippen LogP contribution in [-0.4, -0.2) is 42.9 Å². The molecular formula is C14H20F2N2O. The number of aryl methyl sites for hydroxylation is 1. The average molecular weight is 270 g/mol. The minimum Gasteiger partial charge on any atom is -0.507 e. The lowest BCUT2D eigenvalue weighted by Gasteiger charge is -2.35. The molecule has 1 aromatic carbocycles. The highest BCUT2D eigenvalue weighted by atomic mass is 19.1. The fourth-order valence-corrected chi connectivity index (χ4v) is 2.65. The van der Waals surface area contributed by atoms with Gasteiger partial charge in [0.05, 0.1) is 6.67 Å². The van der Waals surface area contributed by atoms with Gasteiger partial charge in [-0.3, -0.25) is 9.29 Å². The van der Waals surface area contributed by atoms with Crippen LogP contribution in [0.25, 0.3) is 0 Å². The molecule has 3 nitrogen and oxygen atoms in total. The smallest absolute Gasteiger partial charge is 0.124 e. The second-order valence-electron chi connectivity index (χ2n) is 4.94. The van der Waals surface area contributed by atoms with Crippen molar-refractivity contribution in [3.8, 4) is 5.75 Å². The standard InChI is InChI=1S/C14H20F2N2O/c1-10-8-11(16)9-12(14(10)19)13(2-3-15)18-6-4-17-5-7-18/h8-9,13,17,19H,2-7H2,1H3/t13-/m1/s1. The molecule has 2 N–H and O–H groups in total. The van der Waals surface area contributed by atoms with E-state index < -0.39 is 6.67 Å². The van der Waals surface area contributed by atoms with Gasteiger partial charge < -0.3 is 10.4 Å². The van der Waals surface area contributed by atoms with Crippen molar-refractivity contribution in [3.63, 3.8) is 0 Å². The summed E-state index contributed by atoms with van der Waals surface area (Å²) in [6, 6.07) is 2.36. The third kappa shape index (κ3) is 3.22. The van der Waals surface area contributed by atoms with Crippen LogP contribution in [0.4, 0.5) is 8.78 Å². The predicted molar refractivity (Wildman–Crippen MR) is 70.6 cm³/mol. The summed E-state index contributed by atoms with van der Waals surface area (Å²) in [7, 11) is 0. The molecule has 0 bridgehead atoms. The molecule has 0 amide bonds. The fraction of sp³-hybridized carbons (Fsp3) is 0.571. The lowest BCUT2D eigenvalue weighted by Crippen LogP contribution is -2.45. The molecule has 2 rings (SSSR count). The van der Waals surface area contributed by atoms with E-state index in [1.807, 2.05) is 0 Å². The van der Waals surface area contributed by atoms with Crippen molar-refractivity contribution >= 4 is 0 Å². The molecule has 1 saturated heterocycles. The van der Waals surface area contributed by atoms with Gasteiger partial charge in [0, 0.05) is 37.8 Å². The third-order valence-electron chi connectivity index (χ3n) is 3.63. The van der Waals surface area contributed by atoms with E-state index in [0.717, 1.165) is 26.2 Å². The second kappa shape index (κ2) is 6.30. The zero-order valence-electron chi connectivity index (χ0n) is 11.1. The summed E-state index contributed by atoms with van der Waals surface area (Å²) in [5.74, 6) is -0.303. The molecule has 5 heteroatoms. The van der Waals surface area contributed by atoms with Crippen LogP contribution in [0.15, 0.2) is 12.1 Å². The van der Waals surface area contributed by atoms with Gasteiger partial charge in [0.1, 0.15) is 11.6 Å². The molecule has 19 heavy (non-hydrogen) atoms. The number of benzene rings is 1. The Hall–Kier alpha value is -1.20. The van der Waals surface area contributed by atoms with E-state index in [0.29, 0.717) is 11.1 Å². The molecule has 1 aliphatic heterocycles. The normalized spacial score (nSPS) is 18.5. The number of piperazine rings is 1. The Morgan fingerprint density at radius 2 is 2.05 bits per heavy atom. The number of phenols is 1. The lowest BCUT2D eigenvalue weighted by atomic mass is 9.98. The number of hydrogen-bond acceptors (Lipinski definition) is 3. The fourth-order valence-electron chi connectivity index (χ4n) is 2.65. The van der Waals surface area contributed by atoms with Gasteiger partial charge >= 0.3 is 0 Å². The van der Waals surface area contributed by atoms with Crippen LogP contribution in [0.1, 0.15) is 23.6 Å². The number of nitrogens with zero attached hydrogens (tertiary/aromatic N) is 1. The first-order chi connectivity index (χ1) is 9.13. The average Bonchev–Trinajstić information content (AvgIpc) is 2.41. The summed E-state index contributed by atoms with van der Waals surface area (Å²) in [5, 5.41) is 13.3. The van der Waals surface area contributed by atoms with Gasteiger partial charge in [-0.2, -0.15) is 0 Å². The van der Waals surface area contributed by atoms with E-state index in [-0.39, 0.29) is 24.0 Å². The van der Waals surface area contributed by atoms with E-state index in [1.165, 1.54) is 12.1 Å².